The van der Waals surface area contributed by atoms with Crippen molar-refractivity contribution in [1.82, 2.24) is 24.1 Å². The summed E-state index contributed by atoms with van der Waals surface area (Å²) in [6, 6.07) is 0. The number of nitrogens with one attached hydrogen (secondary N) is 2. The fraction of sp³-hybridized carbons (Fsp3) is 0.870. The van der Waals surface area contributed by atoms with E-state index in [0.717, 1.165) is 0 Å². The van der Waals surface area contributed by atoms with Crippen LogP contribution in [0.25, 0.3) is 0 Å². The second-order valence-corrected chi connectivity index (χ2v) is 15.8. The Hall–Kier alpha value is -1.81. The Bertz CT molecular complexity index is 1000. The largest absolute Gasteiger partial charge is 0.379 e. The zero-order valence-electron chi connectivity index (χ0n) is 23.0. The van der Waals surface area contributed by atoms with Gasteiger partial charge in [-0.15, -0.1) is 0 Å². The summed E-state index contributed by atoms with van der Waals surface area (Å²) < 4.78 is 54.5. The molecule has 0 aromatic carbocycles. The molecule has 15 heteroatoms. The summed E-state index contributed by atoms with van der Waals surface area (Å²) in [7, 11) is -7.27. The predicted molar refractivity (Wildman–Crippen MR) is 146 cm³/mol. The van der Waals surface area contributed by atoms with Crippen LogP contribution < -0.4 is 9.44 Å². The normalized spacial score (nSPS) is 17.9. The van der Waals surface area contributed by atoms with Gasteiger partial charge in [0.2, 0.25) is 37.8 Å². The van der Waals surface area contributed by atoms with Crippen molar-refractivity contribution >= 4 is 37.8 Å². The van der Waals surface area contributed by atoms with Crippen LogP contribution in [-0.2, 0) is 39.2 Å². The van der Waals surface area contributed by atoms with Crippen molar-refractivity contribution < 1.29 is 36.0 Å². The van der Waals surface area contributed by atoms with Crippen molar-refractivity contribution in [3.05, 3.63) is 0 Å². The van der Waals surface area contributed by atoms with Crippen LogP contribution in [0.4, 0.5) is 0 Å². The third kappa shape index (κ3) is 11.9. The molecule has 38 heavy (non-hydrogen) atoms. The molecular formula is C23H47N5O8S2. The molecule has 0 aromatic heterocycles. The molecule has 2 fully saturated rings. The fourth-order valence-corrected chi connectivity index (χ4v) is 4.40. The summed E-state index contributed by atoms with van der Waals surface area (Å²) in [6.45, 7) is 15.7. The van der Waals surface area contributed by atoms with Crippen molar-refractivity contribution in [3.8, 4) is 0 Å². The van der Waals surface area contributed by atoms with Crippen LogP contribution in [0.2, 0.25) is 0 Å². The third-order valence-electron chi connectivity index (χ3n) is 5.76. The van der Waals surface area contributed by atoms with E-state index in [-0.39, 0.29) is 26.4 Å². The third-order valence-corrected chi connectivity index (χ3v) is 9.98. The first-order valence-electron chi connectivity index (χ1n) is 12.1. The molecule has 0 unspecified atom stereocenters. The summed E-state index contributed by atoms with van der Waals surface area (Å²) in [5, 5.41) is 0. The van der Waals surface area contributed by atoms with E-state index in [0.29, 0.717) is 52.5 Å². The summed E-state index contributed by atoms with van der Waals surface area (Å²) in [5.41, 5.74) is 0. The van der Waals surface area contributed by atoms with Gasteiger partial charge in [-0.25, -0.2) is 16.8 Å². The number of piperazine rings is 1. The molecule has 0 aromatic rings. The van der Waals surface area contributed by atoms with Crippen molar-refractivity contribution in [2.75, 3.05) is 65.6 Å². The number of morpholine rings is 1. The molecule has 2 rings (SSSR count). The average Bonchev–Trinajstić information content (AvgIpc) is 2.72. The zero-order chi connectivity index (χ0) is 28.7. The summed E-state index contributed by atoms with van der Waals surface area (Å²) >= 11 is 0. The van der Waals surface area contributed by atoms with Crippen LogP contribution in [0.1, 0.15) is 55.9 Å². The first kappa shape index (κ1) is 36.2. The number of sulfonamides is 2. The Morgan fingerprint density at radius 1 is 0.684 bits per heavy atom. The van der Waals surface area contributed by atoms with E-state index in [1.165, 1.54) is 27.7 Å². The quantitative estimate of drug-likeness (QED) is 0.419. The Balaban J connectivity index is 0.000000711. The van der Waals surface area contributed by atoms with Gasteiger partial charge in [-0.3, -0.25) is 33.6 Å². The van der Waals surface area contributed by atoms with Gasteiger partial charge in [0.05, 0.1) is 35.8 Å². The Morgan fingerprint density at radius 2 is 1.03 bits per heavy atom. The molecule has 2 aliphatic heterocycles. The van der Waals surface area contributed by atoms with Crippen LogP contribution in [0.5, 0.6) is 0 Å². The number of carbonyl (C=O) groups is 3. The first-order chi connectivity index (χ1) is 16.7. The molecule has 0 atom stereocenters. The maximum absolute atomic E-state index is 11.8. The number of carbonyl (C=O) groups excluding carboxylic acids is 3. The van der Waals surface area contributed by atoms with Gasteiger partial charge >= 0.3 is 0 Å². The zero-order valence-corrected chi connectivity index (χ0v) is 24.6. The molecule has 0 bridgehead atoms. The lowest BCUT2D eigenvalue weighted by Gasteiger charge is -2.33. The highest BCUT2D eigenvalue weighted by atomic mass is 32.2. The number of amides is 3. The van der Waals surface area contributed by atoms with Crippen molar-refractivity contribution in [2.45, 2.75) is 65.4 Å². The van der Waals surface area contributed by atoms with E-state index in [2.05, 4.69) is 9.44 Å². The van der Waals surface area contributed by atoms with Crippen LogP contribution in [0, 0.1) is 0 Å². The smallest absolute Gasteiger partial charge is 0.247 e. The van der Waals surface area contributed by atoms with Gasteiger partial charge in [-0.2, -0.15) is 0 Å². The van der Waals surface area contributed by atoms with Crippen LogP contribution >= 0.6 is 0 Å². The highest BCUT2D eigenvalue weighted by molar-refractivity contribution is 7.91. The SMILES string of the molecule is C.CC(=O)N1CCN(CC(=O)NS(=O)(=O)C(C)(C)C)CC1.CC(C)(C)S(=O)(=O)NC(=O)CN1CCOCC1. The van der Waals surface area contributed by atoms with Crippen LogP contribution in [-0.4, -0.2) is 124 Å². The lowest BCUT2D eigenvalue weighted by Crippen LogP contribution is -2.52. The topological polar surface area (TPSA) is 162 Å². The molecule has 0 aliphatic carbocycles. The van der Waals surface area contributed by atoms with Gasteiger partial charge in [0, 0.05) is 46.2 Å². The van der Waals surface area contributed by atoms with E-state index in [1.807, 2.05) is 9.80 Å². The Labute approximate surface area is 228 Å². The molecule has 13 nitrogen and oxygen atoms in total. The lowest BCUT2D eigenvalue weighted by molar-refractivity contribution is -0.131. The van der Waals surface area contributed by atoms with E-state index in [1.54, 1.807) is 25.7 Å². The second-order valence-electron chi connectivity index (χ2n) is 11.0. The van der Waals surface area contributed by atoms with E-state index >= 15 is 0 Å². The van der Waals surface area contributed by atoms with Gasteiger partial charge in [-0.1, -0.05) is 7.43 Å². The molecule has 2 aliphatic rings. The standard InChI is InChI=1S/C12H23N3O4S.C10H20N2O4S.CH4/c1-10(16)15-7-5-14(6-8-15)9-11(17)13-20(18,19)12(2,3)4;1-10(2,3)17(14,15)11-9(13)8-12-4-6-16-7-5-12;/h5-9H2,1-4H3,(H,13,17);4-8H2,1-3H3,(H,11,13);1H4. The maximum Gasteiger partial charge on any atom is 0.247 e. The van der Waals surface area contributed by atoms with Gasteiger partial charge in [0.15, 0.2) is 0 Å². The summed E-state index contributed by atoms with van der Waals surface area (Å²) in [5.74, 6) is -0.998. The number of hydrogen-bond donors (Lipinski definition) is 2. The minimum atomic E-state index is -3.66. The Kier molecular flexibility index (Phi) is 13.8. The fourth-order valence-electron chi connectivity index (χ4n) is 3.06. The molecule has 0 spiro atoms. The van der Waals surface area contributed by atoms with Gasteiger partial charge in [0.25, 0.3) is 0 Å². The van der Waals surface area contributed by atoms with Gasteiger partial charge in [-0.05, 0) is 41.5 Å². The minimum Gasteiger partial charge on any atom is -0.379 e. The first-order valence-corrected chi connectivity index (χ1v) is 15.1. The molecule has 224 valence electrons. The van der Waals surface area contributed by atoms with E-state index in [9.17, 15) is 31.2 Å². The molecule has 0 saturated carbocycles. The number of hydrogen-bond acceptors (Lipinski definition) is 10. The molecule has 0 radical (unpaired) electrons. The number of ether oxygens (including phenoxy) is 1. The Morgan fingerprint density at radius 3 is 1.34 bits per heavy atom. The number of rotatable bonds is 6. The monoisotopic (exact) mass is 585 g/mol. The molecule has 3 amide bonds. The minimum absolute atomic E-state index is 0. The molecule has 2 saturated heterocycles. The highest BCUT2D eigenvalue weighted by Crippen LogP contribution is 2.14. The second kappa shape index (κ2) is 14.5. The van der Waals surface area contributed by atoms with Crippen LogP contribution in [0.3, 0.4) is 0 Å². The average molecular weight is 586 g/mol. The predicted octanol–water partition coefficient (Wildman–Crippen LogP) is -0.406. The van der Waals surface area contributed by atoms with Gasteiger partial charge < -0.3 is 9.64 Å². The van der Waals surface area contributed by atoms with E-state index in [4.69, 9.17) is 4.74 Å². The lowest BCUT2D eigenvalue weighted by atomic mass is 10.3. The molecule has 2 N–H and O–H groups in total. The van der Waals surface area contributed by atoms with Crippen molar-refractivity contribution in [2.24, 2.45) is 0 Å². The van der Waals surface area contributed by atoms with Crippen molar-refractivity contribution in [3.63, 3.8) is 0 Å². The van der Waals surface area contributed by atoms with Crippen molar-refractivity contribution in [1.29, 1.82) is 0 Å². The van der Waals surface area contributed by atoms with E-state index < -0.39 is 41.4 Å². The highest BCUT2D eigenvalue weighted by Gasteiger charge is 2.32. The molecular weight excluding hydrogens is 538 g/mol. The summed E-state index contributed by atoms with van der Waals surface area (Å²) in [4.78, 5) is 40.0. The van der Waals surface area contributed by atoms with Gasteiger partial charge in [0.1, 0.15) is 0 Å². The number of nitrogens with zero attached hydrogens (tertiary/aromatic N) is 3. The summed E-state index contributed by atoms with van der Waals surface area (Å²) in [6.07, 6.45) is 0. The molecule has 2 heterocycles. The maximum atomic E-state index is 11.8. The van der Waals surface area contributed by atoms with Crippen LogP contribution in [0.15, 0.2) is 0 Å².